The highest BCUT2D eigenvalue weighted by atomic mass is 16.5. The van der Waals surface area contributed by atoms with Gasteiger partial charge in [0, 0.05) is 17.7 Å². The van der Waals surface area contributed by atoms with Crippen molar-refractivity contribution in [1.29, 1.82) is 0 Å². The average molecular weight is 235 g/mol. The van der Waals surface area contributed by atoms with E-state index in [0.29, 0.717) is 6.04 Å². The number of benzene rings is 1. The minimum atomic E-state index is 0.136. The van der Waals surface area contributed by atoms with Gasteiger partial charge in [0.1, 0.15) is 11.5 Å². The molecule has 0 bridgehead atoms. The fourth-order valence-electron chi connectivity index (χ4n) is 2.83. The van der Waals surface area contributed by atoms with Crippen molar-refractivity contribution in [3.63, 3.8) is 0 Å². The van der Waals surface area contributed by atoms with Crippen molar-refractivity contribution >= 4 is 0 Å². The van der Waals surface area contributed by atoms with Crippen molar-refractivity contribution in [2.24, 2.45) is 5.73 Å². The quantitative estimate of drug-likeness (QED) is 0.875. The van der Waals surface area contributed by atoms with Gasteiger partial charge in [-0.1, -0.05) is 13.0 Å². The molecule has 2 atom stereocenters. The van der Waals surface area contributed by atoms with E-state index < -0.39 is 0 Å². The first-order valence-corrected chi connectivity index (χ1v) is 6.07. The lowest BCUT2D eigenvalue weighted by molar-refractivity contribution is 0.374. The van der Waals surface area contributed by atoms with Gasteiger partial charge in [-0.25, -0.2) is 0 Å². The molecule has 0 aromatic heterocycles. The molecule has 0 spiro atoms. The third-order valence-electron chi connectivity index (χ3n) is 3.84. The molecule has 17 heavy (non-hydrogen) atoms. The second kappa shape index (κ2) is 4.57. The van der Waals surface area contributed by atoms with Gasteiger partial charge < -0.3 is 15.2 Å². The molecule has 1 aromatic rings. The minimum absolute atomic E-state index is 0.136. The van der Waals surface area contributed by atoms with E-state index in [4.69, 9.17) is 15.2 Å². The van der Waals surface area contributed by atoms with Gasteiger partial charge in [0.25, 0.3) is 0 Å². The molecule has 1 aliphatic rings. The molecule has 94 valence electrons. The lowest BCUT2D eigenvalue weighted by atomic mass is 9.80. The summed E-state index contributed by atoms with van der Waals surface area (Å²) in [6.07, 6.45) is 3.23. The van der Waals surface area contributed by atoms with Crippen LogP contribution in [0.1, 0.15) is 31.7 Å². The number of nitrogens with two attached hydrogens (primary N) is 1. The predicted molar refractivity (Wildman–Crippen MR) is 68.7 cm³/mol. The van der Waals surface area contributed by atoms with E-state index in [0.717, 1.165) is 30.8 Å². The van der Waals surface area contributed by atoms with Gasteiger partial charge in [-0.2, -0.15) is 0 Å². The molecule has 2 N–H and O–H groups in total. The van der Waals surface area contributed by atoms with Gasteiger partial charge in [-0.3, -0.25) is 0 Å². The van der Waals surface area contributed by atoms with Gasteiger partial charge >= 0.3 is 0 Å². The van der Waals surface area contributed by atoms with Crippen molar-refractivity contribution in [2.75, 3.05) is 14.2 Å². The Morgan fingerprint density at radius 1 is 1.29 bits per heavy atom. The maximum Gasteiger partial charge on any atom is 0.126 e. The molecular weight excluding hydrogens is 214 g/mol. The van der Waals surface area contributed by atoms with E-state index in [9.17, 15) is 0 Å². The zero-order chi connectivity index (χ0) is 12.5. The molecule has 3 nitrogen and oxygen atoms in total. The Balaban J connectivity index is 2.38. The molecule has 1 fully saturated rings. The average Bonchev–Trinajstić information content (AvgIpc) is 2.69. The first-order valence-electron chi connectivity index (χ1n) is 6.07. The highest BCUT2D eigenvalue weighted by Crippen LogP contribution is 2.44. The Bertz CT molecular complexity index is 405. The summed E-state index contributed by atoms with van der Waals surface area (Å²) in [5.41, 5.74) is 7.41. The van der Waals surface area contributed by atoms with E-state index in [-0.39, 0.29) is 5.41 Å². The summed E-state index contributed by atoms with van der Waals surface area (Å²) >= 11 is 0. The van der Waals surface area contributed by atoms with Crippen LogP contribution in [0.2, 0.25) is 0 Å². The maximum atomic E-state index is 6.03. The van der Waals surface area contributed by atoms with Crippen molar-refractivity contribution in [2.45, 2.75) is 37.6 Å². The highest BCUT2D eigenvalue weighted by Gasteiger charge is 2.36. The third-order valence-corrected chi connectivity index (χ3v) is 3.84. The molecule has 2 unspecified atom stereocenters. The zero-order valence-electron chi connectivity index (χ0n) is 10.8. The van der Waals surface area contributed by atoms with Crippen LogP contribution in [-0.4, -0.2) is 20.3 Å². The first-order chi connectivity index (χ1) is 8.09. The Kier molecular flexibility index (Phi) is 3.29. The van der Waals surface area contributed by atoms with Gasteiger partial charge in [0.2, 0.25) is 0 Å². The lowest BCUT2D eigenvalue weighted by Crippen LogP contribution is -2.23. The fourth-order valence-corrected chi connectivity index (χ4v) is 2.83. The second-order valence-corrected chi connectivity index (χ2v) is 5.13. The summed E-state index contributed by atoms with van der Waals surface area (Å²) in [6, 6.07) is 6.36. The van der Waals surface area contributed by atoms with E-state index in [1.165, 1.54) is 5.56 Å². The molecule has 3 heteroatoms. The Hall–Kier alpha value is -1.22. The standard InChI is InChI=1S/C14H21NO2/c1-14(7-6-10(15)9-14)12-5-4-11(16-2)8-13(12)17-3/h4-5,8,10H,6-7,9,15H2,1-3H3. The summed E-state index contributed by atoms with van der Waals surface area (Å²) in [5.74, 6) is 1.73. The predicted octanol–water partition coefficient (Wildman–Crippen LogP) is 2.47. The third kappa shape index (κ3) is 2.25. The number of hydrogen-bond donors (Lipinski definition) is 1. The molecule has 0 radical (unpaired) electrons. The summed E-state index contributed by atoms with van der Waals surface area (Å²) in [5, 5.41) is 0. The van der Waals surface area contributed by atoms with E-state index in [2.05, 4.69) is 13.0 Å². The summed E-state index contributed by atoms with van der Waals surface area (Å²) < 4.78 is 10.7. The Morgan fingerprint density at radius 2 is 2.06 bits per heavy atom. The fraction of sp³-hybridized carbons (Fsp3) is 0.571. The SMILES string of the molecule is COc1ccc(C2(C)CCC(N)C2)c(OC)c1. The molecule has 1 aromatic carbocycles. The summed E-state index contributed by atoms with van der Waals surface area (Å²) in [6.45, 7) is 2.27. The summed E-state index contributed by atoms with van der Waals surface area (Å²) in [4.78, 5) is 0. The van der Waals surface area contributed by atoms with Crippen LogP contribution in [0, 0.1) is 0 Å². The van der Waals surface area contributed by atoms with Crippen LogP contribution in [0.4, 0.5) is 0 Å². The first kappa shape index (κ1) is 12.2. The molecule has 0 saturated heterocycles. The topological polar surface area (TPSA) is 44.5 Å². The van der Waals surface area contributed by atoms with Crippen LogP contribution in [-0.2, 0) is 5.41 Å². The molecular formula is C14H21NO2. The Morgan fingerprint density at radius 3 is 2.59 bits per heavy atom. The van der Waals surface area contributed by atoms with E-state index in [1.54, 1.807) is 14.2 Å². The molecule has 0 amide bonds. The zero-order valence-corrected chi connectivity index (χ0v) is 10.8. The molecule has 2 rings (SSSR count). The lowest BCUT2D eigenvalue weighted by Gasteiger charge is -2.26. The highest BCUT2D eigenvalue weighted by molar-refractivity contribution is 5.45. The second-order valence-electron chi connectivity index (χ2n) is 5.13. The van der Waals surface area contributed by atoms with E-state index in [1.807, 2.05) is 12.1 Å². The monoisotopic (exact) mass is 235 g/mol. The van der Waals surface area contributed by atoms with Gasteiger partial charge in [0.15, 0.2) is 0 Å². The van der Waals surface area contributed by atoms with Gasteiger partial charge in [-0.05, 0) is 30.7 Å². The summed E-state index contributed by atoms with van der Waals surface area (Å²) in [7, 11) is 3.37. The van der Waals surface area contributed by atoms with Crippen molar-refractivity contribution in [3.8, 4) is 11.5 Å². The van der Waals surface area contributed by atoms with Gasteiger partial charge in [-0.15, -0.1) is 0 Å². The molecule has 1 aliphatic carbocycles. The van der Waals surface area contributed by atoms with Crippen LogP contribution in [0.3, 0.4) is 0 Å². The van der Waals surface area contributed by atoms with Crippen LogP contribution in [0.5, 0.6) is 11.5 Å². The van der Waals surface area contributed by atoms with Crippen molar-refractivity contribution in [3.05, 3.63) is 23.8 Å². The molecule has 0 aliphatic heterocycles. The van der Waals surface area contributed by atoms with Crippen LogP contribution >= 0.6 is 0 Å². The van der Waals surface area contributed by atoms with Crippen LogP contribution < -0.4 is 15.2 Å². The maximum absolute atomic E-state index is 6.03. The van der Waals surface area contributed by atoms with Crippen molar-refractivity contribution in [1.82, 2.24) is 0 Å². The Labute approximate surface area is 103 Å². The minimum Gasteiger partial charge on any atom is -0.497 e. The van der Waals surface area contributed by atoms with Crippen molar-refractivity contribution < 1.29 is 9.47 Å². The number of methoxy groups -OCH3 is 2. The largest absolute Gasteiger partial charge is 0.497 e. The number of hydrogen-bond acceptors (Lipinski definition) is 3. The van der Waals surface area contributed by atoms with Gasteiger partial charge in [0.05, 0.1) is 14.2 Å². The van der Waals surface area contributed by atoms with Crippen LogP contribution in [0.15, 0.2) is 18.2 Å². The molecule has 0 heterocycles. The van der Waals surface area contributed by atoms with E-state index >= 15 is 0 Å². The molecule has 1 saturated carbocycles. The normalized spacial score (nSPS) is 28.1. The number of ether oxygens (including phenoxy) is 2. The smallest absolute Gasteiger partial charge is 0.126 e. The number of rotatable bonds is 3. The van der Waals surface area contributed by atoms with Crippen LogP contribution in [0.25, 0.3) is 0 Å².